The summed E-state index contributed by atoms with van der Waals surface area (Å²) in [5.74, 6) is 1.73. The second-order valence-corrected chi connectivity index (χ2v) is 7.18. The summed E-state index contributed by atoms with van der Waals surface area (Å²) in [4.78, 5) is 9.43. The molecule has 4 aromatic rings. The third kappa shape index (κ3) is 2.67. The molecular formula is C20H18N4OS. The summed E-state index contributed by atoms with van der Waals surface area (Å²) >= 11 is 1.60. The number of aromatic nitrogens is 3. The lowest BCUT2D eigenvalue weighted by atomic mass is 10.2. The summed E-state index contributed by atoms with van der Waals surface area (Å²) in [5, 5.41) is 6.25. The number of para-hydroxylation sites is 3. The van der Waals surface area contributed by atoms with Gasteiger partial charge in [0.2, 0.25) is 0 Å². The molecule has 0 aliphatic carbocycles. The molecule has 1 fully saturated rings. The summed E-state index contributed by atoms with van der Waals surface area (Å²) in [5.41, 5.74) is 3.00. The van der Waals surface area contributed by atoms with Gasteiger partial charge in [0.15, 0.2) is 11.0 Å². The average Bonchev–Trinajstić information content (AvgIpc) is 3.42. The molecule has 0 bridgehead atoms. The molecule has 1 atom stereocenters. The zero-order valence-electron chi connectivity index (χ0n) is 14.1. The molecule has 5 nitrogen and oxygen atoms in total. The molecule has 3 heterocycles. The Labute approximate surface area is 155 Å². The van der Waals surface area contributed by atoms with Crippen LogP contribution < -0.4 is 10.1 Å². The first-order valence-electron chi connectivity index (χ1n) is 8.74. The average molecular weight is 362 g/mol. The van der Waals surface area contributed by atoms with E-state index >= 15 is 0 Å². The van der Waals surface area contributed by atoms with Crippen molar-refractivity contribution in [2.75, 3.05) is 13.1 Å². The first-order valence-corrected chi connectivity index (χ1v) is 9.62. The van der Waals surface area contributed by atoms with E-state index in [1.807, 2.05) is 48.0 Å². The lowest BCUT2D eigenvalue weighted by molar-refractivity contribution is 0.224. The van der Waals surface area contributed by atoms with Gasteiger partial charge in [0.05, 0.1) is 16.6 Å². The Hall–Kier alpha value is -2.70. The van der Waals surface area contributed by atoms with Crippen molar-refractivity contribution >= 4 is 22.4 Å². The number of hydrogen-bond acceptors (Lipinski definition) is 5. The Kier molecular flexibility index (Phi) is 3.92. The number of ether oxygens (including phenoxy) is 1. The minimum absolute atomic E-state index is 0.203. The topological polar surface area (TPSA) is 52.0 Å². The number of hydrogen-bond donors (Lipinski definition) is 1. The summed E-state index contributed by atoms with van der Waals surface area (Å²) in [6.45, 7) is 1.89. The fourth-order valence-corrected chi connectivity index (χ4v) is 4.04. The van der Waals surface area contributed by atoms with E-state index in [1.54, 1.807) is 11.3 Å². The quantitative estimate of drug-likeness (QED) is 0.598. The van der Waals surface area contributed by atoms with Crippen molar-refractivity contribution in [1.29, 1.82) is 0 Å². The zero-order chi connectivity index (χ0) is 17.3. The van der Waals surface area contributed by atoms with Gasteiger partial charge < -0.3 is 10.1 Å². The van der Waals surface area contributed by atoms with E-state index < -0.39 is 0 Å². The van der Waals surface area contributed by atoms with Crippen LogP contribution in [0, 0.1) is 0 Å². The molecule has 0 saturated carbocycles. The maximum absolute atomic E-state index is 6.30. The number of rotatable bonds is 4. The van der Waals surface area contributed by atoms with Gasteiger partial charge in [-0.05, 0) is 37.2 Å². The van der Waals surface area contributed by atoms with Crippen molar-refractivity contribution in [2.24, 2.45) is 0 Å². The van der Waals surface area contributed by atoms with Crippen molar-refractivity contribution in [3.63, 3.8) is 0 Å². The standard InChI is InChI=1S/C20H18N4OS/c1-4-8-18(25-14-9-10-21-13-14)15(5-1)19-23-16-6-2-3-7-17(16)24(19)20-22-11-12-26-20/h1-8,11-12,14,21H,9-10,13H2. The third-order valence-corrected chi connectivity index (χ3v) is 5.36. The first kappa shape index (κ1) is 15.5. The van der Waals surface area contributed by atoms with Crippen molar-refractivity contribution in [2.45, 2.75) is 12.5 Å². The minimum atomic E-state index is 0.203. The Morgan fingerprint density at radius 1 is 1.12 bits per heavy atom. The van der Waals surface area contributed by atoms with Crippen LogP contribution in [0.4, 0.5) is 0 Å². The molecule has 1 unspecified atom stereocenters. The molecule has 2 aromatic heterocycles. The monoisotopic (exact) mass is 362 g/mol. The van der Waals surface area contributed by atoms with Gasteiger partial charge in [-0.1, -0.05) is 24.3 Å². The van der Waals surface area contributed by atoms with Crippen molar-refractivity contribution in [1.82, 2.24) is 19.9 Å². The minimum Gasteiger partial charge on any atom is -0.488 e. The Morgan fingerprint density at radius 2 is 2.00 bits per heavy atom. The molecule has 1 aliphatic heterocycles. The van der Waals surface area contributed by atoms with E-state index in [-0.39, 0.29) is 6.10 Å². The molecule has 130 valence electrons. The van der Waals surface area contributed by atoms with Gasteiger partial charge in [-0.15, -0.1) is 11.3 Å². The number of imidazole rings is 1. The molecule has 26 heavy (non-hydrogen) atoms. The second-order valence-electron chi connectivity index (χ2n) is 6.30. The molecular weight excluding hydrogens is 344 g/mol. The van der Waals surface area contributed by atoms with Gasteiger partial charge in [0.1, 0.15) is 11.9 Å². The number of nitrogens with zero attached hydrogens (tertiary/aromatic N) is 3. The lowest BCUT2D eigenvalue weighted by Crippen LogP contribution is -2.20. The molecule has 0 spiro atoms. The number of benzene rings is 2. The van der Waals surface area contributed by atoms with Crippen LogP contribution >= 0.6 is 11.3 Å². The van der Waals surface area contributed by atoms with Crippen LogP contribution in [0.2, 0.25) is 0 Å². The highest BCUT2D eigenvalue weighted by atomic mass is 32.1. The largest absolute Gasteiger partial charge is 0.488 e. The van der Waals surface area contributed by atoms with E-state index in [4.69, 9.17) is 9.72 Å². The number of fused-ring (bicyclic) bond motifs is 1. The molecule has 1 saturated heterocycles. The van der Waals surface area contributed by atoms with Crippen LogP contribution in [0.25, 0.3) is 27.6 Å². The fourth-order valence-electron chi connectivity index (χ4n) is 3.39. The van der Waals surface area contributed by atoms with Crippen LogP contribution in [-0.4, -0.2) is 33.7 Å². The molecule has 6 heteroatoms. The van der Waals surface area contributed by atoms with E-state index in [9.17, 15) is 0 Å². The van der Waals surface area contributed by atoms with Gasteiger partial charge in [-0.25, -0.2) is 9.97 Å². The first-order chi connectivity index (χ1) is 12.9. The molecule has 5 rings (SSSR count). The normalized spacial score (nSPS) is 17.0. The SMILES string of the molecule is c1ccc(-c2nc3ccccc3n2-c2nccs2)c(OC2CCNC2)c1. The maximum Gasteiger partial charge on any atom is 0.195 e. The maximum atomic E-state index is 6.30. The summed E-state index contributed by atoms with van der Waals surface area (Å²) < 4.78 is 8.42. The third-order valence-electron chi connectivity index (χ3n) is 4.61. The fraction of sp³-hybridized carbons (Fsp3) is 0.200. The Bertz CT molecular complexity index is 1040. The number of nitrogens with one attached hydrogen (secondary N) is 1. The van der Waals surface area contributed by atoms with Gasteiger partial charge >= 0.3 is 0 Å². The summed E-state index contributed by atoms with van der Waals surface area (Å²) in [6.07, 6.45) is 3.05. The summed E-state index contributed by atoms with van der Waals surface area (Å²) in [6, 6.07) is 16.3. The van der Waals surface area contributed by atoms with E-state index in [2.05, 4.69) is 27.0 Å². The highest BCUT2D eigenvalue weighted by molar-refractivity contribution is 7.12. The smallest absolute Gasteiger partial charge is 0.195 e. The van der Waals surface area contributed by atoms with Gasteiger partial charge in [0, 0.05) is 18.1 Å². The van der Waals surface area contributed by atoms with Crippen LogP contribution in [0.5, 0.6) is 5.75 Å². The van der Waals surface area contributed by atoms with Crippen LogP contribution in [0.15, 0.2) is 60.1 Å². The Morgan fingerprint density at radius 3 is 2.85 bits per heavy atom. The van der Waals surface area contributed by atoms with Crippen molar-refractivity contribution in [3.05, 3.63) is 60.1 Å². The second kappa shape index (κ2) is 6.55. The van der Waals surface area contributed by atoms with E-state index in [0.717, 1.165) is 52.8 Å². The van der Waals surface area contributed by atoms with E-state index in [1.165, 1.54) is 0 Å². The Balaban J connectivity index is 1.69. The molecule has 0 radical (unpaired) electrons. The number of thiazole rings is 1. The van der Waals surface area contributed by atoms with Crippen LogP contribution in [-0.2, 0) is 0 Å². The summed E-state index contributed by atoms with van der Waals surface area (Å²) in [7, 11) is 0. The predicted molar refractivity (Wildman–Crippen MR) is 104 cm³/mol. The molecule has 2 aromatic carbocycles. The highest BCUT2D eigenvalue weighted by Gasteiger charge is 2.21. The van der Waals surface area contributed by atoms with Gasteiger partial charge in [-0.2, -0.15) is 0 Å². The van der Waals surface area contributed by atoms with E-state index in [0.29, 0.717) is 0 Å². The lowest BCUT2D eigenvalue weighted by Gasteiger charge is -2.16. The predicted octanol–water partition coefficient (Wildman–Crippen LogP) is 3.89. The zero-order valence-corrected chi connectivity index (χ0v) is 14.9. The van der Waals surface area contributed by atoms with Gasteiger partial charge in [0.25, 0.3) is 0 Å². The van der Waals surface area contributed by atoms with Gasteiger partial charge in [-0.3, -0.25) is 4.57 Å². The van der Waals surface area contributed by atoms with Crippen molar-refractivity contribution < 1.29 is 4.74 Å². The molecule has 1 N–H and O–H groups in total. The van der Waals surface area contributed by atoms with Crippen LogP contribution in [0.1, 0.15) is 6.42 Å². The van der Waals surface area contributed by atoms with Crippen molar-refractivity contribution in [3.8, 4) is 22.3 Å². The van der Waals surface area contributed by atoms with Crippen LogP contribution in [0.3, 0.4) is 0 Å². The molecule has 0 amide bonds. The highest BCUT2D eigenvalue weighted by Crippen LogP contribution is 2.35. The molecule has 1 aliphatic rings.